The number of hydrogen-bond donors (Lipinski definition) is 0. The number of carbonyl (C=O) groups excluding carboxylic acids is 1. The summed E-state index contributed by atoms with van der Waals surface area (Å²) in [6, 6.07) is 5.73. The van der Waals surface area contributed by atoms with Crippen molar-refractivity contribution in [1.82, 2.24) is 9.80 Å². The van der Waals surface area contributed by atoms with E-state index in [1.807, 2.05) is 30.0 Å². The lowest BCUT2D eigenvalue weighted by molar-refractivity contribution is 0.0653. The maximum Gasteiger partial charge on any atom is 0.253 e. The fraction of sp³-hybridized carbons (Fsp3) is 0.667. The van der Waals surface area contributed by atoms with Crippen LogP contribution in [0.5, 0.6) is 5.75 Å². The van der Waals surface area contributed by atoms with Gasteiger partial charge in [0, 0.05) is 25.2 Å². The Balaban J connectivity index is 1.50. The molecule has 2 heterocycles. The Labute approximate surface area is 152 Å². The van der Waals surface area contributed by atoms with E-state index in [2.05, 4.69) is 11.8 Å². The number of benzene rings is 1. The summed E-state index contributed by atoms with van der Waals surface area (Å²) in [6.45, 7) is 9.86. The molecule has 1 aromatic rings. The van der Waals surface area contributed by atoms with Gasteiger partial charge in [0.1, 0.15) is 5.75 Å². The maximum absolute atomic E-state index is 12.8. The highest BCUT2D eigenvalue weighted by atomic mass is 16.5. The molecule has 0 spiro atoms. The minimum absolute atomic E-state index is 0.163. The van der Waals surface area contributed by atoms with Crippen molar-refractivity contribution in [3.63, 3.8) is 0 Å². The van der Waals surface area contributed by atoms with Gasteiger partial charge in [0.15, 0.2) is 0 Å². The zero-order valence-corrected chi connectivity index (χ0v) is 16.0. The number of hydrogen-bond acceptors (Lipinski definition) is 3. The fourth-order valence-corrected chi connectivity index (χ4v) is 4.12. The van der Waals surface area contributed by atoms with Crippen LogP contribution < -0.4 is 4.74 Å². The first-order chi connectivity index (χ1) is 12.1. The van der Waals surface area contributed by atoms with E-state index in [0.29, 0.717) is 0 Å². The Morgan fingerprint density at radius 3 is 2.40 bits per heavy atom. The quantitative estimate of drug-likeness (QED) is 0.837. The van der Waals surface area contributed by atoms with E-state index in [1.54, 1.807) is 7.11 Å². The highest BCUT2D eigenvalue weighted by Gasteiger charge is 2.26. The van der Waals surface area contributed by atoms with E-state index in [9.17, 15) is 4.79 Å². The van der Waals surface area contributed by atoms with Crippen LogP contribution in [0.2, 0.25) is 0 Å². The highest BCUT2D eigenvalue weighted by molar-refractivity contribution is 5.94. The summed E-state index contributed by atoms with van der Waals surface area (Å²) < 4.78 is 5.29. The van der Waals surface area contributed by atoms with Gasteiger partial charge >= 0.3 is 0 Å². The summed E-state index contributed by atoms with van der Waals surface area (Å²) in [5, 5.41) is 0. The van der Waals surface area contributed by atoms with E-state index >= 15 is 0 Å². The van der Waals surface area contributed by atoms with Crippen molar-refractivity contribution < 1.29 is 9.53 Å². The lowest BCUT2D eigenvalue weighted by Crippen LogP contribution is -2.43. The fourth-order valence-electron chi connectivity index (χ4n) is 4.12. The predicted octanol–water partition coefficient (Wildman–Crippen LogP) is 3.59. The molecule has 0 aliphatic carbocycles. The van der Waals surface area contributed by atoms with E-state index in [4.69, 9.17) is 4.74 Å². The summed E-state index contributed by atoms with van der Waals surface area (Å²) in [5.41, 5.74) is 1.80. The van der Waals surface area contributed by atoms with Crippen molar-refractivity contribution in [2.75, 3.05) is 39.8 Å². The second-order valence-corrected chi connectivity index (χ2v) is 7.90. The summed E-state index contributed by atoms with van der Waals surface area (Å²) in [4.78, 5) is 17.4. The van der Waals surface area contributed by atoms with Crippen LogP contribution in [-0.4, -0.2) is 55.5 Å². The minimum Gasteiger partial charge on any atom is -0.496 e. The SMILES string of the molecule is COc1ccc(C(=O)N2CCC(CN3CCC(C)CC3)CC2)cc1C. The summed E-state index contributed by atoms with van der Waals surface area (Å²) >= 11 is 0. The highest BCUT2D eigenvalue weighted by Crippen LogP contribution is 2.24. The van der Waals surface area contributed by atoms with Crippen molar-refractivity contribution >= 4 is 5.91 Å². The number of ether oxygens (including phenoxy) is 1. The molecule has 2 saturated heterocycles. The lowest BCUT2D eigenvalue weighted by atomic mass is 9.93. The van der Waals surface area contributed by atoms with Crippen LogP contribution in [0.1, 0.15) is 48.5 Å². The first-order valence-electron chi connectivity index (χ1n) is 9.73. The smallest absolute Gasteiger partial charge is 0.253 e. The molecule has 0 aromatic heterocycles. The van der Waals surface area contributed by atoms with Crippen molar-refractivity contribution in [2.24, 2.45) is 11.8 Å². The van der Waals surface area contributed by atoms with Gasteiger partial charge in [0.05, 0.1) is 7.11 Å². The van der Waals surface area contributed by atoms with Crippen LogP contribution in [0.4, 0.5) is 0 Å². The van der Waals surface area contributed by atoms with Crippen LogP contribution >= 0.6 is 0 Å². The third-order valence-corrected chi connectivity index (χ3v) is 5.94. The minimum atomic E-state index is 0.163. The average molecular weight is 344 g/mol. The molecule has 0 N–H and O–H groups in total. The van der Waals surface area contributed by atoms with E-state index < -0.39 is 0 Å². The molecule has 1 aromatic carbocycles. The third kappa shape index (κ3) is 4.55. The Hall–Kier alpha value is -1.55. The van der Waals surface area contributed by atoms with Crippen molar-refractivity contribution in [2.45, 2.75) is 39.5 Å². The van der Waals surface area contributed by atoms with Gasteiger partial charge in [-0.2, -0.15) is 0 Å². The molecule has 0 unspecified atom stereocenters. The van der Waals surface area contributed by atoms with Gasteiger partial charge in [-0.1, -0.05) is 6.92 Å². The maximum atomic E-state index is 12.8. The van der Waals surface area contributed by atoms with Gasteiger partial charge in [0.2, 0.25) is 0 Å². The molecule has 0 atom stereocenters. The van der Waals surface area contributed by atoms with Crippen LogP contribution in [0.3, 0.4) is 0 Å². The number of nitrogens with zero attached hydrogens (tertiary/aromatic N) is 2. The van der Waals surface area contributed by atoms with Gasteiger partial charge in [0.25, 0.3) is 5.91 Å². The van der Waals surface area contributed by atoms with Crippen LogP contribution in [0.15, 0.2) is 18.2 Å². The lowest BCUT2D eigenvalue weighted by Gasteiger charge is -2.37. The monoisotopic (exact) mass is 344 g/mol. The van der Waals surface area contributed by atoms with E-state index in [-0.39, 0.29) is 5.91 Å². The number of rotatable bonds is 4. The topological polar surface area (TPSA) is 32.8 Å². The molecule has 0 bridgehead atoms. The zero-order valence-electron chi connectivity index (χ0n) is 16.0. The normalized spacial score (nSPS) is 20.7. The van der Waals surface area contributed by atoms with Crippen molar-refractivity contribution in [1.29, 1.82) is 0 Å². The molecular formula is C21H32N2O2. The molecule has 4 heteroatoms. The largest absolute Gasteiger partial charge is 0.496 e. The van der Waals surface area contributed by atoms with Gasteiger partial charge in [-0.05, 0) is 81.3 Å². The Kier molecular flexibility index (Phi) is 6.00. The van der Waals surface area contributed by atoms with Crippen LogP contribution in [-0.2, 0) is 0 Å². The number of amides is 1. The molecule has 2 fully saturated rings. The molecule has 2 aliphatic rings. The zero-order chi connectivity index (χ0) is 17.8. The average Bonchev–Trinajstić information content (AvgIpc) is 2.63. The molecule has 3 rings (SSSR count). The predicted molar refractivity (Wildman–Crippen MR) is 101 cm³/mol. The number of likely N-dealkylation sites (tertiary alicyclic amines) is 2. The molecule has 4 nitrogen and oxygen atoms in total. The molecule has 0 saturated carbocycles. The van der Waals surface area contributed by atoms with Gasteiger partial charge < -0.3 is 14.5 Å². The Morgan fingerprint density at radius 1 is 1.12 bits per heavy atom. The van der Waals surface area contributed by atoms with Crippen LogP contribution in [0.25, 0.3) is 0 Å². The van der Waals surface area contributed by atoms with Crippen molar-refractivity contribution in [3.8, 4) is 5.75 Å². The standard InChI is InChI=1S/C21H32N2O2/c1-16-6-10-22(11-7-16)15-18-8-12-23(13-9-18)21(24)19-4-5-20(25-3)17(2)14-19/h4-5,14,16,18H,6-13,15H2,1-3H3. The first kappa shape index (κ1) is 18.2. The van der Waals surface area contributed by atoms with Crippen molar-refractivity contribution in [3.05, 3.63) is 29.3 Å². The first-order valence-corrected chi connectivity index (χ1v) is 9.73. The summed E-state index contributed by atoms with van der Waals surface area (Å²) in [6.07, 6.45) is 4.95. The molecule has 138 valence electrons. The molecule has 2 aliphatic heterocycles. The Bertz CT molecular complexity index is 586. The number of carbonyl (C=O) groups is 1. The number of methoxy groups -OCH3 is 1. The van der Waals surface area contributed by atoms with Gasteiger partial charge in [-0.25, -0.2) is 0 Å². The molecule has 25 heavy (non-hydrogen) atoms. The second-order valence-electron chi connectivity index (χ2n) is 7.90. The van der Waals surface area contributed by atoms with Crippen LogP contribution in [0, 0.1) is 18.8 Å². The number of piperidine rings is 2. The second kappa shape index (κ2) is 8.22. The summed E-state index contributed by atoms with van der Waals surface area (Å²) in [5.74, 6) is 2.64. The van der Waals surface area contributed by atoms with Gasteiger partial charge in [-0.15, -0.1) is 0 Å². The number of aryl methyl sites for hydroxylation is 1. The summed E-state index contributed by atoms with van der Waals surface area (Å²) in [7, 11) is 1.66. The molecular weight excluding hydrogens is 312 g/mol. The molecule has 0 radical (unpaired) electrons. The van der Waals surface area contributed by atoms with E-state index in [1.165, 1.54) is 32.5 Å². The Morgan fingerprint density at radius 2 is 1.80 bits per heavy atom. The third-order valence-electron chi connectivity index (χ3n) is 5.94. The molecule has 1 amide bonds. The van der Waals surface area contributed by atoms with E-state index in [0.717, 1.165) is 54.6 Å². The van der Waals surface area contributed by atoms with Gasteiger partial charge in [-0.3, -0.25) is 4.79 Å².